The predicted octanol–water partition coefficient (Wildman–Crippen LogP) is 4.51. The first-order valence-corrected chi connectivity index (χ1v) is 10.9. The van der Waals surface area contributed by atoms with Gasteiger partial charge in [-0.3, -0.25) is 4.79 Å². The average Bonchev–Trinajstić information content (AvgIpc) is 3.09. The van der Waals surface area contributed by atoms with Crippen LogP contribution in [0.1, 0.15) is 35.0 Å². The monoisotopic (exact) mass is 426 g/mol. The number of hydrogen-bond acceptors (Lipinski definition) is 7. The molecule has 1 atom stereocenters. The van der Waals surface area contributed by atoms with Gasteiger partial charge in [-0.2, -0.15) is 0 Å². The molecule has 4 rings (SSSR count). The highest BCUT2D eigenvalue weighted by molar-refractivity contribution is 7.19. The molecule has 0 aliphatic carbocycles. The van der Waals surface area contributed by atoms with Crippen molar-refractivity contribution in [3.8, 4) is 11.5 Å². The van der Waals surface area contributed by atoms with Crippen molar-refractivity contribution in [3.05, 3.63) is 35.0 Å². The summed E-state index contributed by atoms with van der Waals surface area (Å²) in [5.41, 5.74) is 1.28. The van der Waals surface area contributed by atoms with E-state index in [-0.39, 0.29) is 5.91 Å². The van der Waals surface area contributed by atoms with Gasteiger partial charge in [-0.1, -0.05) is 6.92 Å². The Hall–Kier alpha value is -2.87. The van der Waals surface area contributed by atoms with Crippen LogP contribution in [0.2, 0.25) is 0 Å². The summed E-state index contributed by atoms with van der Waals surface area (Å²) >= 11 is 1.53. The Bertz CT molecular complexity index is 1080. The molecular formula is C22H26N4O3S. The van der Waals surface area contributed by atoms with Gasteiger partial charge in [0.1, 0.15) is 17.0 Å². The lowest BCUT2D eigenvalue weighted by Gasteiger charge is -2.32. The van der Waals surface area contributed by atoms with Gasteiger partial charge in [-0.25, -0.2) is 9.97 Å². The van der Waals surface area contributed by atoms with Gasteiger partial charge in [-0.15, -0.1) is 11.3 Å². The highest BCUT2D eigenvalue weighted by atomic mass is 32.1. The van der Waals surface area contributed by atoms with Crippen molar-refractivity contribution in [1.29, 1.82) is 0 Å². The van der Waals surface area contributed by atoms with Crippen LogP contribution < -0.4 is 19.7 Å². The fraction of sp³-hybridized carbons (Fsp3) is 0.409. The topological polar surface area (TPSA) is 76.6 Å². The molecule has 1 aromatic carbocycles. The van der Waals surface area contributed by atoms with Gasteiger partial charge in [0.25, 0.3) is 5.91 Å². The zero-order valence-corrected chi connectivity index (χ0v) is 18.5. The van der Waals surface area contributed by atoms with E-state index in [0.29, 0.717) is 28.7 Å². The van der Waals surface area contributed by atoms with Crippen LogP contribution in [0.25, 0.3) is 10.2 Å². The number of methoxy groups -OCH3 is 2. The summed E-state index contributed by atoms with van der Waals surface area (Å²) in [6.07, 6.45) is 3.95. The van der Waals surface area contributed by atoms with Crippen molar-refractivity contribution >= 4 is 39.0 Å². The number of anilines is 2. The number of aromatic nitrogens is 2. The number of aryl methyl sites for hydroxylation is 1. The Morgan fingerprint density at radius 1 is 1.23 bits per heavy atom. The van der Waals surface area contributed by atoms with Crippen LogP contribution in [-0.2, 0) is 0 Å². The van der Waals surface area contributed by atoms with Crippen LogP contribution in [0.4, 0.5) is 11.5 Å². The van der Waals surface area contributed by atoms with Crippen LogP contribution in [-0.4, -0.2) is 43.2 Å². The number of piperidine rings is 1. The number of carbonyl (C=O) groups is 1. The number of ether oxygens (including phenoxy) is 2. The third-order valence-corrected chi connectivity index (χ3v) is 6.48. The lowest BCUT2D eigenvalue weighted by atomic mass is 10.00. The van der Waals surface area contributed by atoms with E-state index in [1.807, 2.05) is 6.92 Å². The minimum atomic E-state index is -0.174. The third-order valence-electron chi connectivity index (χ3n) is 5.47. The lowest BCUT2D eigenvalue weighted by molar-refractivity contribution is 0.102. The summed E-state index contributed by atoms with van der Waals surface area (Å²) in [7, 11) is 3.16. The molecule has 0 saturated carbocycles. The van der Waals surface area contributed by atoms with E-state index in [2.05, 4.69) is 27.1 Å². The van der Waals surface area contributed by atoms with Crippen molar-refractivity contribution < 1.29 is 14.3 Å². The molecule has 0 unspecified atom stereocenters. The zero-order chi connectivity index (χ0) is 21.3. The predicted molar refractivity (Wildman–Crippen MR) is 120 cm³/mol. The normalized spacial score (nSPS) is 16.5. The van der Waals surface area contributed by atoms with Crippen molar-refractivity contribution in [3.63, 3.8) is 0 Å². The summed E-state index contributed by atoms with van der Waals surface area (Å²) in [5.74, 6) is 2.46. The largest absolute Gasteiger partial charge is 0.493 e. The summed E-state index contributed by atoms with van der Waals surface area (Å²) in [4.78, 5) is 26.4. The van der Waals surface area contributed by atoms with Crippen LogP contribution in [0, 0.1) is 12.8 Å². The molecular weight excluding hydrogens is 400 g/mol. The first kappa shape index (κ1) is 20.4. The number of thiophene rings is 1. The van der Waals surface area contributed by atoms with Gasteiger partial charge in [0.15, 0.2) is 11.5 Å². The summed E-state index contributed by atoms with van der Waals surface area (Å²) < 4.78 is 10.6. The number of benzene rings is 1. The smallest absolute Gasteiger partial charge is 0.257 e. The number of nitrogens with zero attached hydrogens (tertiary/aromatic N) is 3. The van der Waals surface area contributed by atoms with Gasteiger partial charge >= 0.3 is 0 Å². The molecule has 1 amide bonds. The molecule has 1 fully saturated rings. The average molecular weight is 427 g/mol. The molecule has 0 spiro atoms. The van der Waals surface area contributed by atoms with Crippen LogP contribution in [0.5, 0.6) is 11.5 Å². The Labute approximate surface area is 180 Å². The highest BCUT2D eigenvalue weighted by Gasteiger charge is 2.26. The molecule has 0 radical (unpaired) electrons. The van der Waals surface area contributed by atoms with Crippen molar-refractivity contribution in [2.75, 3.05) is 37.5 Å². The maximum Gasteiger partial charge on any atom is 0.257 e. The standard InChI is InChI=1S/C22H26N4O3S/c1-13-6-5-9-26(11-13)20-19-18(14(2)30-22(19)24-12-23-20)21(27)25-15-7-8-16(28-3)17(10-15)29-4/h7-8,10,12-13H,5-6,9,11H2,1-4H3,(H,25,27)/t13-/m0/s1. The van der Waals surface area contributed by atoms with Crippen molar-refractivity contribution in [1.82, 2.24) is 9.97 Å². The maximum atomic E-state index is 13.3. The summed E-state index contributed by atoms with van der Waals surface area (Å²) in [5, 5.41) is 3.84. The second kappa shape index (κ2) is 8.47. The van der Waals surface area contributed by atoms with E-state index < -0.39 is 0 Å². The Kier molecular flexibility index (Phi) is 5.76. The number of nitrogens with one attached hydrogen (secondary N) is 1. The van der Waals surface area contributed by atoms with E-state index in [1.54, 1.807) is 38.7 Å². The molecule has 3 aromatic rings. The SMILES string of the molecule is COc1ccc(NC(=O)c2c(C)sc3ncnc(N4CCC[C@H](C)C4)c23)cc1OC. The fourth-order valence-electron chi connectivity index (χ4n) is 4.03. The van der Waals surface area contributed by atoms with Gasteiger partial charge in [0.05, 0.1) is 25.2 Å². The number of hydrogen-bond donors (Lipinski definition) is 1. The molecule has 7 nitrogen and oxygen atoms in total. The van der Waals surface area contributed by atoms with Gasteiger partial charge in [0.2, 0.25) is 0 Å². The molecule has 8 heteroatoms. The number of fused-ring (bicyclic) bond motifs is 1. The number of rotatable bonds is 5. The van der Waals surface area contributed by atoms with E-state index in [4.69, 9.17) is 9.47 Å². The Morgan fingerprint density at radius 2 is 2.03 bits per heavy atom. The third kappa shape index (κ3) is 3.79. The molecule has 3 heterocycles. The highest BCUT2D eigenvalue weighted by Crippen LogP contribution is 2.37. The van der Waals surface area contributed by atoms with Crippen molar-refractivity contribution in [2.24, 2.45) is 5.92 Å². The van der Waals surface area contributed by atoms with Crippen LogP contribution in [0.3, 0.4) is 0 Å². The van der Waals surface area contributed by atoms with Gasteiger partial charge in [-0.05, 0) is 37.8 Å². The fourth-order valence-corrected chi connectivity index (χ4v) is 5.01. The van der Waals surface area contributed by atoms with E-state index in [1.165, 1.54) is 17.8 Å². The molecule has 1 N–H and O–H groups in total. The van der Waals surface area contributed by atoms with Crippen molar-refractivity contribution in [2.45, 2.75) is 26.7 Å². The second-order valence-corrected chi connectivity index (χ2v) is 8.83. The maximum absolute atomic E-state index is 13.3. The van der Waals surface area contributed by atoms with E-state index in [9.17, 15) is 4.79 Å². The van der Waals surface area contributed by atoms with Gasteiger partial charge in [0, 0.05) is 29.7 Å². The molecule has 30 heavy (non-hydrogen) atoms. The molecule has 0 bridgehead atoms. The molecule has 2 aromatic heterocycles. The molecule has 1 saturated heterocycles. The summed E-state index contributed by atoms with van der Waals surface area (Å²) in [6, 6.07) is 5.33. The van der Waals surface area contributed by atoms with E-state index in [0.717, 1.165) is 40.4 Å². The Morgan fingerprint density at radius 3 is 2.77 bits per heavy atom. The minimum Gasteiger partial charge on any atom is -0.493 e. The lowest BCUT2D eigenvalue weighted by Crippen LogP contribution is -2.35. The minimum absolute atomic E-state index is 0.174. The Balaban J connectivity index is 1.71. The first-order chi connectivity index (χ1) is 14.5. The number of carbonyl (C=O) groups excluding carboxylic acids is 1. The zero-order valence-electron chi connectivity index (χ0n) is 17.7. The summed E-state index contributed by atoms with van der Waals surface area (Å²) in [6.45, 7) is 6.10. The van der Waals surface area contributed by atoms with Crippen LogP contribution >= 0.6 is 11.3 Å². The number of amides is 1. The molecule has 158 valence electrons. The quantitative estimate of drug-likeness (QED) is 0.647. The first-order valence-electron chi connectivity index (χ1n) is 10.0. The van der Waals surface area contributed by atoms with Crippen LogP contribution in [0.15, 0.2) is 24.5 Å². The molecule has 1 aliphatic heterocycles. The van der Waals surface area contributed by atoms with E-state index >= 15 is 0 Å². The second-order valence-electron chi connectivity index (χ2n) is 7.63. The molecule has 1 aliphatic rings. The van der Waals surface area contributed by atoms with Gasteiger partial charge < -0.3 is 19.7 Å².